The molecular weight excluding hydrogens is 250 g/mol. The third-order valence-corrected chi connectivity index (χ3v) is 5.01. The van der Waals surface area contributed by atoms with Gasteiger partial charge >= 0.3 is 0 Å². The Hall–Kier alpha value is -0.750. The fourth-order valence-corrected chi connectivity index (χ4v) is 3.89. The van der Waals surface area contributed by atoms with Crippen molar-refractivity contribution in [2.24, 2.45) is 4.99 Å². The summed E-state index contributed by atoms with van der Waals surface area (Å²) in [6.45, 7) is 2.44. The molecule has 1 amide bonds. The van der Waals surface area contributed by atoms with Crippen LogP contribution >= 0.6 is 11.8 Å². The summed E-state index contributed by atoms with van der Waals surface area (Å²) in [6.07, 6.45) is 3.97. The zero-order chi connectivity index (χ0) is 12.4. The van der Waals surface area contributed by atoms with E-state index in [1.807, 2.05) is 0 Å². The Morgan fingerprint density at radius 2 is 2.22 bits per heavy atom. The summed E-state index contributed by atoms with van der Waals surface area (Å²) < 4.78 is 5.41. The van der Waals surface area contributed by atoms with Crippen molar-refractivity contribution in [3.63, 3.8) is 0 Å². The summed E-state index contributed by atoms with van der Waals surface area (Å²) in [6, 6.07) is -0.191. The zero-order valence-electron chi connectivity index (χ0n) is 10.4. The second kappa shape index (κ2) is 5.09. The minimum absolute atomic E-state index is 0.0732. The first kappa shape index (κ1) is 12.3. The van der Waals surface area contributed by atoms with E-state index in [0.717, 1.165) is 56.4 Å². The highest BCUT2D eigenvalue weighted by atomic mass is 32.2. The predicted molar refractivity (Wildman–Crippen MR) is 71.8 cm³/mol. The molecule has 3 heterocycles. The molecule has 2 N–H and O–H groups in total. The van der Waals surface area contributed by atoms with E-state index in [4.69, 9.17) is 4.74 Å². The van der Waals surface area contributed by atoms with Crippen LogP contribution in [0.5, 0.6) is 0 Å². The van der Waals surface area contributed by atoms with Crippen LogP contribution in [0.2, 0.25) is 0 Å². The lowest BCUT2D eigenvalue weighted by atomic mass is 9.93. The first-order valence-corrected chi connectivity index (χ1v) is 7.60. The number of thioether (sulfide) groups is 1. The van der Waals surface area contributed by atoms with Gasteiger partial charge in [-0.1, -0.05) is 11.8 Å². The molecule has 18 heavy (non-hydrogen) atoms. The molecule has 100 valence electrons. The number of hydrogen-bond donors (Lipinski definition) is 2. The van der Waals surface area contributed by atoms with E-state index in [1.54, 1.807) is 11.8 Å². The highest BCUT2D eigenvalue weighted by Gasteiger charge is 2.39. The van der Waals surface area contributed by atoms with Crippen molar-refractivity contribution in [3.05, 3.63) is 0 Å². The third kappa shape index (κ3) is 2.49. The van der Waals surface area contributed by atoms with Gasteiger partial charge in [0.2, 0.25) is 5.91 Å². The highest BCUT2D eigenvalue weighted by Crippen LogP contribution is 2.32. The molecule has 3 rings (SSSR count). The minimum Gasteiger partial charge on any atom is -0.381 e. The average Bonchev–Trinajstić information content (AvgIpc) is 2.76. The monoisotopic (exact) mass is 269 g/mol. The molecule has 1 atom stereocenters. The van der Waals surface area contributed by atoms with Gasteiger partial charge in [-0.15, -0.1) is 0 Å². The van der Waals surface area contributed by atoms with Gasteiger partial charge in [0.1, 0.15) is 6.04 Å². The van der Waals surface area contributed by atoms with Gasteiger partial charge in [-0.25, -0.2) is 4.99 Å². The second-order valence-electron chi connectivity index (χ2n) is 5.19. The van der Waals surface area contributed by atoms with Crippen LogP contribution < -0.4 is 10.6 Å². The first-order chi connectivity index (χ1) is 8.77. The van der Waals surface area contributed by atoms with Gasteiger partial charge < -0.3 is 15.4 Å². The van der Waals surface area contributed by atoms with Crippen LogP contribution in [0.1, 0.15) is 25.7 Å². The van der Waals surface area contributed by atoms with E-state index in [-0.39, 0.29) is 17.5 Å². The smallest absolute Gasteiger partial charge is 0.244 e. The average molecular weight is 269 g/mol. The van der Waals surface area contributed by atoms with E-state index in [9.17, 15) is 4.79 Å². The Bertz CT molecular complexity index is 366. The van der Waals surface area contributed by atoms with E-state index < -0.39 is 0 Å². The number of piperidine rings is 1. The lowest BCUT2D eigenvalue weighted by molar-refractivity contribution is -0.123. The molecular formula is C12H19N3O2S. The summed E-state index contributed by atoms with van der Waals surface area (Å²) in [5.41, 5.74) is 0.160. The van der Waals surface area contributed by atoms with Gasteiger partial charge in [0.05, 0.1) is 5.54 Å². The molecule has 3 aliphatic rings. The lowest BCUT2D eigenvalue weighted by Crippen LogP contribution is -2.48. The van der Waals surface area contributed by atoms with Crippen molar-refractivity contribution in [1.29, 1.82) is 0 Å². The Balaban J connectivity index is 1.65. The molecule has 0 aromatic heterocycles. The largest absolute Gasteiger partial charge is 0.381 e. The lowest BCUT2D eigenvalue weighted by Gasteiger charge is -2.32. The van der Waals surface area contributed by atoms with Crippen LogP contribution in [0.4, 0.5) is 0 Å². The number of ether oxygens (including phenoxy) is 1. The maximum absolute atomic E-state index is 11.7. The zero-order valence-corrected chi connectivity index (χ0v) is 11.2. The molecule has 0 aromatic carbocycles. The van der Waals surface area contributed by atoms with Crippen molar-refractivity contribution in [2.75, 3.05) is 25.5 Å². The molecule has 3 aliphatic heterocycles. The van der Waals surface area contributed by atoms with Gasteiger partial charge in [-0.05, 0) is 25.7 Å². The molecule has 6 heteroatoms. The maximum Gasteiger partial charge on any atom is 0.244 e. The first-order valence-electron chi connectivity index (χ1n) is 6.62. The topological polar surface area (TPSA) is 62.7 Å². The van der Waals surface area contributed by atoms with Gasteiger partial charge in [-0.2, -0.15) is 0 Å². The SMILES string of the molecule is O=C1NCCCC1N=C1NC2(CCOCC2)CS1. The minimum atomic E-state index is -0.191. The summed E-state index contributed by atoms with van der Waals surface area (Å²) in [4.78, 5) is 16.3. The number of amidine groups is 1. The summed E-state index contributed by atoms with van der Waals surface area (Å²) in [5.74, 6) is 1.12. The molecule has 5 nitrogen and oxygen atoms in total. The molecule has 0 bridgehead atoms. The van der Waals surface area contributed by atoms with Crippen LogP contribution in [0.3, 0.4) is 0 Å². The van der Waals surface area contributed by atoms with E-state index in [1.165, 1.54) is 0 Å². The number of aliphatic imine (C=N–C) groups is 1. The number of carbonyl (C=O) groups excluding carboxylic acids is 1. The molecule has 0 aromatic rings. The van der Waals surface area contributed by atoms with E-state index >= 15 is 0 Å². The van der Waals surface area contributed by atoms with Crippen LogP contribution in [-0.2, 0) is 9.53 Å². The second-order valence-corrected chi connectivity index (χ2v) is 6.15. The third-order valence-electron chi connectivity index (χ3n) is 3.84. The Labute approximate surface area is 111 Å². The normalized spacial score (nSPS) is 33.4. The number of hydrogen-bond acceptors (Lipinski definition) is 4. The quantitative estimate of drug-likeness (QED) is 0.728. The summed E-state index contributed by atoms with van der Waals surface area (Å²) in [5, 5.41) is 7.34. The fraction of sp³-hybridized carbons (Fsp3) is 0.833. The Morgan fingerprint density at radius 1 is 1.39 bits per heavy atom. The maximum atomic E-state index is 11.7. The van der Waals surface area contributed by atoms with Crippen molar-refractivity contribution in [3.8, 4) is 0 Å². The van der Waals surface area contributed by atoms with E-state index in [0.29, 0.717) is 0 Å². The highest BCUT2D eigenvalue weighted by molar-refractivity contribution is 8.14. The molecule has 3 fully saturated rings. The van der Waals surface area contributed by atoms with Crippen molar-refractivity contribution in [2.45, 2.75) is 37.3 Å². The molecule has 3 saturated heterocycles. The van der Waals surface area contributed by atoms with Crippen molar-refractivity contribution < 1.29 is 9.53 Å². The Morgan fingerprint density at radius 3 is 3.00 bits per heavy atom. The fourth-order valence-electron chi connectivity index (χ4n) is 2.63. The van der Waals surface area contributed by atoms with Gasteiger partial charge in [0.15, 0.2) is 5.17 Å². The van der Waals surface area contributed by atoms with Gasteiger partial charge in [0, 0.05) is 25.5 Å². The summed E-state index contributed by atoms with van der Waals surface area (Å²) in [7, 11) is 0. The molecule has 1 unspecified atom stereocenters. The molecule has 0 saturated carbocycles. The van der Waals surface area contributed by atoms with Gasteiger partial charge in [-0.3, -0.25) is 4.79 Å². The standard InChI is InChI=1S/C12H19N3O2S/c16-10-9(2-1-5-13-10)14-11-15-12(8-18-11)3-6-17-7-4-12/h9H,1-8H2,(H,13,16)(H,14,15). The summed E-state index contributed by atoms with van der Waals surface area (Å²) >= 11 is 1.75. The number of amides is 1. The van der Waals surface area contributed by atoms with E-state index in [2.05, 4.69) is 15.6 Å². The van der Waals surface area contributed by atoms with Crippen LogP contribution in [0.25, 0.3) is 0 Å². The van der Waals surface area contributed by atoms with Gasteiger partial charge in [0.25, 0.3) is 0 Å². The van der Waals surface area contributed by atoms with Crippen molar-refractivity contribution in [1.82, 2.24) is 10.6 Å². The molecule has 0 aliphatic carbocycles. The van der Waals surface area contributed by atoms with Crippen LogP contribution in [0, 0.1) is 0 Å². The number of nitrogens with one attached hydrogen (secondary N) is 2. The number of carbonyl (C=O) groups is 1. The predicted octanol–water partition coefficient (Wildman–Crippen LogP) is 0.507. The Kier molecular flexibility index (Phi) is 3.48. The molecule has 1 spiro atoms. The van der Waals surface area contributed by atoms with Crippen molar-refractivity contribution >= 4 is 22.8 Å². The van der Waals surface area contributed by atoms with Crippen LogP contribution in [0.15, 0.2) is 4.99 Å². The number of rotatable bonds is 1. The number of nitrogens with zero attached hydrogens (tertiary/aromatic N) is 1. The van der Waals surface area contributed by atoms with Crippen LogP contribution in [-0.4, -0.2) is 48.2 Å². The molecule has 0 radical (unpaired) electrons.